The minimum Gasteiger partial charge on any atom is -0.497 e. The summed E-state index contributed by atoms with van der Waals surface area (Å²) in [6, 6.07) is 10.4. The second kappa shape index (κ2) is 5.87. The van der Waals surface area contributed by atoms with E-state index in [1.807, 2.05) is 10.5 Å². The predicted octanol–water partition coefficient (Wildman–Crippen LogP) is 4.47. The quantitative estimate of drug-likeness (QED) is 0.564. The highest BCUT2D eigenvalue weighted by Gasteiger charge is 2.30. The Kier molecular flexibility index (Phi) is 3.73. The number of anilines is 1. The van der Waals surface area contributed by atoms with E-state index in [9.17, 15) is 13.2 Å². The van der Waals surface area contributed by atoms with E-state index in [1.165, 1.54) is 12.1 Å². The lowest BCUT2D eigenvalue weighted by atomic mass is 9.97. The number of methoxy groups -OCH3 is 1. The van der Waals surface area contributed by atoms with Crippen LogP contribution >= 0.6 is 0 Å². The summed E-state index contributed by atoms with van der Waals surface area (Å²) in [5, 5.41) is 8.95. The zero-order chi connectivity index (χ0) is 19.3. The molecule has 0 radical (unpaired) electrons. The van der Waals surface area contributed by atoms with Crippen LogP contribution in [0.2, 0.25) is 0 Å². The summed E-state index contributed by atoms with van der Waals surface area (Å²) in [6.45, 7) is 1.81. The summed E-state index contributed by atoms with van der Waals surface area (Å²) in [4.78, 5) is 0. The maximum absolute atomic E-state index is 12.9. The highest BCUT2D eigenvalue weighted by Crippen LogP contribution is 2.39. The number of pyridine rings is 1. The maximum atomic E-state index is 12.9. The molecule has 2 heterocycles. The zero-order valence-electron chi connectivity index (χ0n) is 14.5. The Morgan fingerprint density at radius 2 is 1.74 bits per heavy atom. The predicted molar refractivity (Wildman–Crippen MR) is 96.6 cm³/mol. The Morgan fingerprint density at radius 3 is 2.37 bits per heavy atom. The molecule has 0 saturated carbocycles. The van der Waals surface area contributed by atoms with Crippen LogP contribution in [-0.4, -0.2) is 21.7 Å². The fourth-order valence-corrected chi connectivity index (χ4v) is 3.26. The van der Waals surface area contributed by atoms with Gasteiger partial charge in [-0.1, -0.05) is 12.1 Å². The second-order valence-corrected chi connectivity index (χ2v) is 6.15. The van der Waals surface area contributed by atoms with Crippen molar-refractivity contribution >= 4 is 22.2 Å². The van der Waals surface area contributed by atoms with E-state index in [1.54, 1.807) is 26.2 Å². The lowest BCUT2D eigenvalue weighted by Gasteiger charge is -2.15. The van der Waals surface area contributed by atoms with Crippen LogP contribution in [0.4, 0.5) is 18.9 Å². The molecule has 2 aromatic heterocycles. The molecule has 2 N–H and O–H groups in total. The highest BCUT2D eigenvalue weighted by molar-refractivity contribution is 6.05. The number of hydrogen-bond donors (Lipinski definition) is 1. The summed E-state index contributed by atoms with van der Waals surface area (Å²) in [7, 11) is 1.55. The van der Waals surface area contributed by atoms with Crippen LogP contribution in [0, 0.1) is 6.92 Å². The van der Waals surface area contributed by atoms with Gasteiger partial charge >= 0.3 is 6.18 Å². The van der Waals surface area contributed by atoms with E-state index in [2.05, 4.69) is 10.2 Å². The molecule has 5 nitrogen and oxygen atoms in total. The van der Waals surface area contributed by atoms with Crippen molar-refractivity contribution in [2.24, 2.45) is 0 Å². The molecule has 0 aliphatic rings. The van der Waals surface area contributed by atoms with E-state index in [0.29, 0.717) is 34.0 Å². The summed E-state index contributed by atoms with van der Waals surface area (Å²) in [5.41, 5.74) is 8.39. The van der Waals surface area contributed by atoms with E-state index >= 15 is 0 Å². The molecule has 0 unspecified atom stereocenters. The van der Waals surface area contributed by atoms with Gasteiger partial charge in [0.1, 0.15) is 11.6 Å². The van der Waals surface area contributed by atoms with Gasteiger partial charge in [0, 0.05) is 10.9 Å². The van der Waals surface area contributed by atoms with Crippen molar-refractivity contribution in [2.75, 3.05) is 12.8 Å². The molecule has 0 aliphatic carbocycles. The fraction of sp³-hybridized carbons (Fsp3) is 0.158. The molecule has 0 spiro atoms. The van der Waals surface area contributed by atoms with Crippen molar-refractivity contribution < 1.29 is 17.9 Å². The van der Waals surface area contributed by atoms with Crippen molar-refractivity contribution in [1.29, 1.82) is 0 Å². The third-order valence-electron chi connectivity index (χ3n) is 4.55. The van der Waals surface area contributed by atoms with Crippen LogP contribution < -0.4 is 10.5 Å². The van der Waals surface area contributed by atoms with Gasteiger partial charge in [-0.3, -0.25) is 4.40 Å². The summed E-state index contributed by atoms with van der Waals surface area (Å²) in [6.07, 6.45) is -4.40. The minimum atomic E-state index is -4.40. The van der Waals surface area contributed by atoms with Gasteiger partial charge in [0.05, 0.1) is 23.9 Å². The van der Waals surface area contributed by atoms with Crippen LogP contribution in [0.5, 0.6) is 5.75 Å². The monoisotopic (exact) mass is 372 g/mol. The number of nitrogens with two attached hydrogens (primary N) is 1. The number of alkyl halides is 3. The minimum absolute atomic E-state index is 0.344. The molecule has 0 saturated heterocycles. The van der Waals surface area contributed by atoms with Crippen LogP contribution in [0.15, 0.2) is 42.5 Å². The molecule has 0 amide bonds. The van der Waals surface area contributed by atoms with E-state index < -0.39 is 11.7 Å². The number of rotatable bonds is 2. The molecular formula is C19H15F3N4O. The van der Waals surface area contributed by atoms with Gasteiger partial charge in [0.2, 0.25) is 0 Å². The van der Waals surface area contributed by atoms with E-state index in [0.717, 1.165) is 23.0 Å². The molecule has 2 aromatic carbocycles. The van der Waals surface area contributed by atoms with Gasteiger partial charge in [-0.25, -0.2) is 0 Å². The van der Waals surface area contributed by atoms with Gasteiger partial charge in [0.25, 0.3) is 0 Å². The maximum Gasteiger partial charge on any atom is 0.416 e. The summed E-state index contributed by atoms with van der Waals surface area (Å²) >= 11 is 0. The van der Waals surface area contributed by atoms with Crippen molar-refractivity contribution in [3.63, 3.8) is 0 Å². The Hall–Kier alpha value is -3.29. The average Bonchev–Trinajstić information content (AvgIpc) is 3.03. The Balaban J connectivity index is 2.07. The number of aryl methyl sites for hydroxylation is 1. The Bertz CT molecular complexity index is 1160. The first-order valence-electron chi connectivity index (χ1n) is 8.10. The number of nitrogen functional groups attached to an aromatic ring is 1. The van der Waals surface area contributed by atoms with Crippen molar-refractivity contribution in [1.82, 2.24) is 14.6 Å². The number of benzene rings is 2. The van der Waals surface area contributed by atoms with E-state index in [-0.39, 0.29) is 0 Å². The third kappa shape index (κ3) is 2.64. The molecule has 138 valence electrons. The van der Waals surface area contributed by atoms with Crippen LogP contribution in [0.1, 0.15) is 11.4 Å². The number of aromatic nitrogens is 3. The number of fused-ring (bicyclic) bond motifs is 3. The number of halogens is 3. The third-order valence-corrected chi connectivity index (χ3v) is 4.55. The zero-order valence-corrected chi connectivity index (χ0v) is 14.5. The topological polar surface area (TPSA) is 65.4 Å². The summed E-state index contributed by atoms with van der Waals surface area (Å²) in [5.74, 6) is 1.27. The SMILES string of the molecule is COc1ccc2c(c1)c(-c1ccc(C(F)(F)F)cc1)c(N)c1nnc(C)n12. The van der Waals surface area contributed by atoms with Gasteiger partial charge in [-0.05, 0) is 42.8 Å². The largest absolute Gasteiger partial charge is 0.497 e. The van der Waals surface area contributed by atoms with Crippen LogP contribution in [-0.2, 0) is 6.18 Å². The molecule has 0 bridgehead atoms. The lowest BCUT2D eigenvalue weighted by Crippen LogP contribution is -2.04. The first kappa shape index (κ1) is 17.1. The smallest absolute Gasteiger partial charge is 0.416 e. The first-order valence-corrected chi connectivity index (χ1v) is 8.10. The van der Waals surface area contributed by atoms with Gasteiger partial charge in [0.15, 0.2) is 5.65 Å². The molecule has 0 aliphatic heterocycles. The normalized spacial score (nSPS) is 12.0. The lowest BCUT2D eigenvalue weighted by molar-refractivity contribution is -0.137. The molecular weight excluding hydrogens is 357 g/mol. The number of hydrogen-bond acceptors (Lipinski definition) is 4. The molecule has 8 heteroatoms. The molecule has 0 fully saturated rings. The fourth-order valence-electron chi connectivity index (χ4n) is 3.26. The first-order chi connectivity index (χ1) is 12.8. The molecule has 4 rings (SSSR count). The Labute approximate surface area is 152 Å². The highest BCUT2D eigenvalue weighted by atomic mass is 19.4. The molecule has 27 heavy (non-hydrogen) atoms. The average molecular weight is 372 g/mol. The van der Waals surface area contributed by atoms with Crippen molar-refractivity contribution in [3.8, 4) is 16.9 Å². The molecule has 4 aromatic rings. The number of ether oxygens (including phenoxy) is 1. The van der Waals surface area contributed by atoms with Gasteiger partial charge < -0.3 is 10.5 Å². The summed E-state index contributed by atoms with van der Waals surface area (Å²) < 4.78 is 45.8. The second-order valence-electron chi connectivity index (χ2n) is 6.15. The van der Waals surface area contributed by atoms with Crippen LogP contribution in [0.3, 0.4) is 0 Å². The molecule has 0 atom stereocenters. The van der Waals surface area contributed by atoms with Crippen molar-refractivity contribution in [3.05, 3.63) is 53.9 Å². The number of nitrogens with zero attached hydrogens (tertiary/aromatic N) is 3. The Morgan fingerprint density at radius 1 is 1.04 bits per heavy atom. The van der Waals surface area contributed by atoms with Gasteiger partial charge in [-0.15, -0.1) is 10.2 Å². The van der Waals surface area contributed by atoms with Crippen molar-refractivity contribution in [2.45, 2.75) is 13.1 Å². The van der Waals surface area contributed by atoms with Gasteiger partial charge in [-0.2, -0.15) is 13.2 Å². The van der Waals surface area contributed by atoms with E-state index in [4.69, 9.17) is 10.5 Å². The standard InChI is InChI=1S/C19H15F3N4O/c1-10-24-25-18-17(23)16(11-3-5-12(6-4-11)19(20,21)22)14-9-13(27-2)7-8-15(14)26(10)18/h3-9H,23H2,1-2H3. The van der Waals surface area contributed by atoms with Crippen LogP contribution in [0.25, 0.3) is 27.7 Å².